The van der Waals surface area contributed by atoms with Gasteiger partial charge in [0.05, 0.1) is 0 Å². The van der Waals surface area contributed by atoms with Gasteiger partial charge in [-0.05, 0) is 69.4 Å². The van der Waals surface area contributed by atoms with E-state index in [1.54, 1.807) is 6.42 Å². The summed E-state index contributed by atoms with van der Waals surface area (Å²) in [6.45, 7) is 5.04. The standard InChI is InChI=1S/C17H32N2/c1-19(9-8-18-12-14-4-2-3-5-14)13-17-11-15-6-7-16(17)10-15/h14-18H,2-13H2,1H3. The Morgan fingerprint density at radius 3 is 2.58 bits per heavy atom. The largest absolute Gasteiger partial charge is 0.315 e. The van der Waals surface area contributed by atoms with E-state index in [2.05, 4.69) is 17.3 Å². The zero-order valence-electron chi connectivity index (χ0n) is 12.7. The van der Waals surface area contributed by atoms with Gasteiger partial charge in [0.1, 0.15) is 0 Å². The van der Waals surface area contributed by atoms with Gasteiger partial charge in [0.25, 0.3) is 0 Å². The summed E-state index contributed by atoms with van der Waals surface area (Å²) < 4.78 is 0. The van der Waals surface area contributed by atoms with Crippen LogP contribution in [0.5, 0.6) is 0 Å². The van der Waals surface area contributed by atoms with Crippen LogP contribution in [0.25, 0.3) is 0 Å². The lowest BCUT2D eigenvalue weighted by atomic mass is 9.88. The molecule has 2 nitrogen and oxygen atoms in total. The van der Waals surface area contributed by atoms with Crippen LogP contribution >= 0.6 is 0 Å². The highest BCUT2D eigenvalue weighted by Crippen LogP contribution is 2.48. The van der Waals surface area contributed by atoms with Crippen LogP contribution in [0, 0.1) is 23.7 Å². The first-order chi connectivity index (χ1) is 9.31. The van der Waals surface area contributed by atoms with E-state index in [9.17, 15) is 0 Å². The second-order valence-corrected chi connectivity index (χ2v) is 7.55. The minimum atomic E-state index is 0.982. The smallest absolute Gasteiger partial charge is 0.0104 e. The SMILES string of the molecule is CN(CCNCC1CCCC1)CC1CC2CCC1C2. The Kier molecular flexibility index (Phi) is 4.81. The third-order valence-corrected chi connectivity index (χ3v) is 6.01. The molecule has 2 bridgehead atoms. The molecule has 19 heavy (non-hydrogen) atoms. The van der Waals surface area contributed by atoms with Crippen LogP contribution in [0.15, 0.2) is 0 Å². The maximum absolute atomic E-state index is 3.68. The predicted molar refractivity (Wildman–Crippen MR) is 81.3 cm³/mol. The number of hydrogen-bond donors (Lipinski definition) is 1. The van der Waals surface area contributed by atoms with Crippen molar-refractivity contribution in [2.24, 2.45) is 23.7 Å². The van der Waals surface area contributed by atoms with Gasteiger partial charge in [0.2, 0.25) is 0 Å². The lowest BCUT2D eigenvalue weighted by Gasteiger charge is -2.27. The van der Waals surface area contributed by atoms with Gasteiger partial charge in [0, 0.05) is 19.6 Å². The highest BCUT2D eigenvalue weighted by Gasteiger charge is 2.39. The molecule has 3 aliphatic rings. The summed E-state index contributed by atoms with van der Waals surface area (Å²) >= 11 is 0. The fraction of sp³-hybridized carbons (Fsp3) is 1.00. The molecule has 0 amide bonds. The quantitative estimate of drug-likeness (QED) is 0.711. The molecule has 110 valence electrons. The average Bonchev–Trinajstić information content (AvgIpc) is 3.11. The topological polar surface area (TPSA) is 15.3 Å². The zero-order chi connectivity index (χ0) is 13.1. The average molecular weight is 264 g/mol. The van der Waals surface area contributed by atoms with Gasteiger partial charge >= 0.3 is 0 Å². The number of nitrogens with zero attached hydrogens (tertiary/aromatic N) is 1. The van der Waals surface area contributed by atoms with E-state index < -0.39 is 0 Å². The van der Waals surface area contributed by atoms with Crippen molar-refractivity contribution in [2.75, 3.05) is 33.2 Å². The number of likely N-dealkylation sites (N-methyl/N-ethyl adjacent to an activating group) is 1. The summed E-state index contributed by atoms with van der Waals surface area (Å²) in [4.78, 5) is 2.58. The van der Waals surface area contributed by atoms with Crippen molar-refractivity contribution in [1.29, 1.82) is 0 Å². The Morgan fingerprint density at radius 2 is 1.89 bits per heavy atom. The molecular weight excluding hydrogens is 232 g/mol. The summed E-state index contributed by atoms with van der Waals surface area (Å²) in [5.41, 5.74) is 0. The van der Waals surface area contributed by atoms with E-state index in [0.717, 1.165) is 23.7 Å². The van der Waals surface area contributed by atoms with Crippen LogP contribution in [0.4, 0.5) is 0 Å². The van der Waals surface area contributed by atoms with Crippen molar-refractivity contribution in [2.45, 2.75) is 51.4 Å². The Balaban J connectivity index is 1.26. The van der Waals surface area contributed by atoms with E-state index in [1.165, 1.54) is 71.1 Å². The molecule has 0 spiro atoms. The second kappa shape index (κ2) is 6.58. The van der Waals surface area contributed by atoms with E-state index in [4.69, 9.17) is 0 Å². The Bertz CT molecular complexity index is 272. The van der Waals surface area contributed by atoms with Crippen LogP contribution in [0.3, 0.4) is 0 Å². The number of rotatable bonds is 7. The normalized spacial score (nSPS) is 34.7. The Morgan fingerprint density at radius 1 is 1.05 bits per heavy atom. The van der Waals surface area contributed by atoms with Crippen molar-refractivity contribution < 1.29 is 0 Å². The molecule has 2 heteroatoms. The summed E-state index contributed by atoms with van der Waals surface area (Å²) in [5, 5.41) is 3.68. The fourth-order valence-corrected chi connectivity index (χ4v) is 4.88. The summed E-state index contributed by atoms with van der Waals surface area (Å²) in [6, 6.07) is 0. The van der Waals surface area contributed by atoms with Crippen molar-refractivity contribution in [3.63, 3.8) is 0 Å². The monoisotopic (exact) mass is 264 g/mol. The summed E-state index contributed by atoms with van der Waals surface area (Å²) in [7, 11) is 2.32. The van der Waals surface area contributed by atoms with Gasteiger partial charge in [-0.3, -0.25) is 0 Å². The van der Waals surface area contributed by atoms with Gasteiger partial charge in [-0.1, -0.05) is 19.3 Å². The van der Waals surface area contributed by atoms with Crippen molar-refractivity contribution in [3.05, 3.63) is 0 Å². The van der Waals surface area contributed by atoms with Gasteiger partial charge in [-0.25, -0.2) is 0 Å². The first kappa shape index (κ1) is 13.9. The summed E-state index contributed by atoms with van der Waals surface area (Å²) in [6.07, 6.45) is 12.0. The lowest BCUT2D eigenvalue weighted by Crippen LogP contribution is -2.35. The van der Waals surface area contributed by atoms with Crippen molar-refractivity contribution in [1.82, 2.24) is 10.2 Å². The molecule has 0 aromatic carbocycles. The maximum Gasteiger partial charge on any atom is 0.0104 e. The minimum absolute atomic E-state index is 0.982. The highest BCUT2D eigenvalue weighted by molar-refractivity contribution is 4.90. The zero-order valence-corrected chi connectivity index (χ0v) is 12.7. The molecule has 0 radical (unpaired) electrons. The minimum Gasteiger partial charge on any atom is -0.315 e. The molecule has 3 fully saturated rings. The summed E-state index contributed by atoms with van der Waals surface area (Å²) in [5.74, 6) is 4.19. The second-order valence-electron chi connectivity index (χ2n) is 7.55. The van der Waals surface area contributed by atoms with Crippen LogP contribution in [0.2, 0.25) is 0 Å². The van der Waals surface area contributed by atoms with Gasteiger partial charge in [-0.15, -0.1) is 0 Å². The Labute approximate surface area is 119 Å². The number of nitrogens with one attached hydrogen (secondary N) is 1. The highest BCUT2D eigenvalue weighted by atomic mass is 15.1. The molecule has 3 rings (SSSR count). The van der Waals surface area contributed by atoms with Gasteiger partial charge in [-0.2, -0.15) is 0 Å². The first-order valence-electron chi connectivity index (χ1n) is 8.70. The number of fused-ring (bicyclic) bond motifs is 2. The first-order valence-corrected chi connectivity index (χ1v) is 8.70. The predicted octanol–water partition coefficient (Wildman–Crippen LogP) is 3.13. The maximum atomic E-state index is 3.68. The third-order valence-electron chi connectivity index (χ3n) is 6.01. The van der Waals surface area contributed by atoms with Gasteiger partial charge < -0.3 is 10.2 Å². The molecule has 3 atom stereocenters. The molecular formula is C17H32N2. The Hall–Kier alpha value is -0.0800. The van der Waals surface area contributed by atoms with Crippen LogP contribution in [-0.2, 0) is 0 Å². The fourth-order valence-electron chi connectivity index (χ4n) is 4.88. The van der Waals surface area contributed by atoms with Crippen LogP contribution in [0.1, 0.15) is 51.4 Å². The van der Waals surface area contributed by atoms with E-state index >= 15 is 0 Å². The molecule has 0 saturated heterocycles. The lowest BCUT2D eigenvalue weighted by molar-refractivity contribution is 0.219. The molecule has 1 N–H and O–H groups in total. The van der Waals surface area contributed by atoms with Crippen molar-refractivity contribution >= 4 is 0 Å². The molecule has 3 unspecified atom stereocenters. The molecule has 3 saturated carbocycles. The van der Waals surface area contributed by atoms with Crippen LogP contribution < -0.4 is 5.32 Å². The van der Waals surface area contributed by atoms with E-state index in [1.807, 2.05) is 0 Å². The third kappa shape index (κ3) is 3.72. The van der Waals surface area contributed by atoms with Gasteiger partial charge in [0.15, 0.2) is 0 Å². The number of hydrogen-bond acceptors (Lipinski definition) is 2. The molecule has 3 aliphatic carbocycles. The van der Waals surface area contributed by atoms with E-state index in [0.29, 0.717) is 0 Å². The van der Waals surface area contributed by atoms with Crippen LogP contribution in [-0.4, -0.2) is 38.1 Å². The van der Waals surface area contributed by atoms with E-state index in [-0.39, 0.29) is 0 Å². The molecule has 0 aromatic heterocycles. The molecule has 0 aromatic rings. The molecule has 0 aliphatic heterocycles. The van der Waals surface area contributed by atoms with Crippen molar-refractivity contribution in [3.8, 4) is 0 Å². The molecule has 0 heterocycles.